The Balaban J connectivity index is 1.05. The minimum atomic E-state index is 0.896. The Hall–Kier alpha value is -7.36. The van der Waals surface area contributed by atoms with Gasteiger partial charge in [0.15, 0.2) is 0 Å². The van der Waals surface area contributed by atoms with Crippen molar-refractivity contribution >= 4 is 71.7 Å². The summed E-state index contributed by atoms with van der Waals surface area (Å²) in [5, 5.41) is 6.93. The Morgan fingerprint density at radius 2 is 0.873 bits per heavy atom. The van der Waals surface area contributed by atoms with Gasteiger partial charge in [-0.25, -0.2) is 0 Å². The lowest BCUT2D eigenvalue weighted by Crippen LogP contribution is -2.10. The van der Waals surface area contributed by atoms with Crippen molar-refractivity contribution in [2.45, 2.75) is 0 Å². The monoisotopic (exact) mass is 703 g/mol. The third-order valence-electron chi connectivity index (χ3n) is 10.9. The molecule has 258 valence electrons. The third-order valence-corrected chi connectivity index (χ3v) is 10.9. The Morgan fingerprint density at radius 3 is 1.65 bits per heavy atom. The molecular formula is C52H33NO2. The molecular weight excluding hydrogens is 671 g/mol. The van der Waals surface area contributed by atoms with Gasteiger partial charge in [-0.15, -0.1) is 0 Å². The molecule has 0 saturated heterocycles. The van der Waals surface area contributed by atoms with Crippen molar-refractivity contribution in [1.29, 1.82) is 0 Å². The summed E-state index contributed by atoms with van der Waals surface area (Å²) in [4.78, 5) is 2.33. The molecule has 0 bridgehead atoms. The Kier molecular flexibility index (Phi) is 7.17. The Morgan fingerprint density at radius 1 is 0.309 bits per heavy atom. The van der Waals surface area contributed by atoms with Gasteiger partial charge >= 0.3 is 0 Å². The van der Waals surface area contributed by atoms with Crippen LogP contribution in [-0.2, 0) is 0 Å². The van der Waals surface area contributed by atoms with Gasteiger partial charge in [-0.1, -0.05) is 146 Å². The fourth-order valence-electron chi connectivity index (χ4n) is 8.25. The zero-order valence-corrected chi connectivity index (χ0v) is 29.8. The summed E-state index contributed by atoms with van der Waals surface area (Å²) in [6.45, 7) is 0. The molecule has 0 atom stereocenters. The second kappa shape index (κ2) is 12.6. The van der Waals surface area contributed by atoms with Gasteiger partial charge in [-0.2, -0.15) is 0 Å². The van der Waals surface area contributed by atoms with E-state index in [1.807, 2.05) is 18.2 Å². The highest BCUT2D eigenvalue weighted by atomic mass is 16.3. The van der Waals surface area contributed by atoms with E-state index in [1.54, 1.807) is 0 Å². The highest BCUT2D eigenvalue weighted by Gasteiger charge is 2.19. The van der Waals surface area contributed by atoms with E-state index in [0.717, 1.165) is 83.2 Å². The number of nitrogens with zero attached hydrogens (tertiary/aromatic N) is 1. The summed E-state index contributed by atoms with van der Waals surface area (Å²) in [5.74, 6) is 0. The van der Waals surface area contributed by atoms with Gasteiger partial charge in [-0.05, 0) is 87.6 Å². The molecule has 0 amide bonds. The molecule has 0 unspecified atom stereocenters. The number of furan rings is 2. The first-order valence-electron chi connectivity index (χ1n) is 18.7. The number of benzene rings is 9. The SMILES string of the molecule is c1ccc(-c2ccc(N(c3ccc(-c4cc5ccccc5c5c4oc4ccccc45)cc3)c3cccc(-c4cccc5c4oc4ccccc45)c3)cc2)cc1. The van der Waals surface area contributed by atoms with E-state index >= 15 is 0 Å². The molecule has 0 aliphatic heterocycles. The maximum atomic E-state index is 6.60. The largest absolute Gasteiger partial charge is 0.455 e. The summed E-state index contributed by atoms with van der Waals surface area (Å²) in [6, 6.07) is 70.9. The van der Waals surface area contributed by atoms with E-state index in [0.29, 0.717) is 0 Å². The van der Waals surface area contributed by atoms with Crippen molar-refractivity contribution < 1.29 is 8.83 Å². The smallest absolute Gasteiger partial charge is 0.143 e. The third kappa shape index (κ3) is 5.20. The van der Waals surface area contributed by atoms with E-state index in [1.165, 1.54) is 21.9 Å². The lowest BCUT2D eigenvalue weighted by Gasteiger charge is -2.26. The van der Waals surface area contributed by atoms with Crippen LogP contribution in [-0.4, -0.2) is 0 Å². The molecule has 0 spiro atoms. The Bertz CT molecular complexity index is 3190. The normalized spacial score (nSPS) is 11.6. The highest BCUT2D eigenvalue weighted by molar-refractivity contribution is 6.22. The van der Waals surface area contributed by atoms with Gasteiger partial charge in [0.2, 0.25) is 0 Å². The molecule has 0 saturated carbocycles. The van der Waals surface area contributed by atoms with Crippen molar-refractivity contribution in [2.75, 3.05) is 4.90 Å². The average molecular weight is 704 g/mol. The van der Waals surface area contributed by atoms with Crippen LogP contribution in [0.3, 0.4) is 0 Å². The van der Waals surface area contributed by atoms with Crippen LogP contribution >= 0.6 is 0 Å². The van der Waals surface area contributed by atoms with Gasteiger partial charge in [0.25, 0.3) is 0 Å². The zero-order chi connectivity index (χ0) is 36.3. The second-order valence-electron chi connectivity index (χ2n) is 14.1. The minimum absolute atomic E-state index is 0.896. The fraction of sp³-hybridized carbons (Fsp3) is 0. The minimum Gasteiger partial charge on any atom is -0.455 e. The highest BCUT2D eigenvalue weighted by Crippen LogP contribution is 2.44. The number of hydrogen-bond acceptors (Lipinski definition) is 3. The van der Waals surface area contributed by atoms with Crippen molar-refractivity contribution in [3.63, 3.8) is 0 Å². The quantitative estimate of drug-likeness (QED) is 0.173. The lowest BCUT2D eigenvalue weighted by molar-refractivity contribution is 0.669. The molecule has 0 aliphatic rings. The van der Waals surface area contributed by atoms with Crippen molar-refractivity contribution in [1.82, 2.24) is 0 Å². The van der Waals surface area contributed by atoms with Gasteiger partial charge in [-0.3, -0.25) is 0 Å². The molecule has 55 heavy (non-hydrogen) atoms. The van der Waals surface area contributed by atoms with Gasteiger partial charge in [0.1, 0.15) is 22.3 Å². The van der Waals surface area contributed by atoms with E-state index in [4.69, 9.17) is 8.83 Å². The molecule has 2 aromatic heterocycles. The second-order valence-corrected chi connectivity index (χ2v) is 14.1. The molecule has 9 aromatic carbocycles. The molecule has 0 radical (unpaired) electrons. The van der Waals surface area contributed by atoms with Crippen LogP contribution in [0.25, 0.3) is 88.0 Å². The van der Waals surface area contributed by atoms with Crippen LogP contribution in [0.2, 0.25) is 0 Å². The lowest BCUT2D eigenvalue weighted by atomic mass is 9.96. The average Bonchev–Trinajstić information content (AvgIpc) is 3.84. The van der Waals surface area contributed by atoms with Gasteiger partial charge in [0, 0.05) is 49.7 Å². The molecule has 0 aliphatic carbocycles. The van der Waals surface area contributed by atoms with E-state index < -0.39 is 0 Å². The molecule has 0 fully saturated rings. The molecule has 3 nitrogen and oxygen atoms in total. The standard InChI is InChI=1S/C52H33NO2/c1-2-12-34(13-3-1)35-24-28-39(29-25-35)53(41-16-10-15-37(32-41)43-20-11-21-45-44-18-6-8-22-48(44)54-51(43)45)40-30-26-36(27-31-40)47-33-38-14-4-5-17-42(38)50-46-19-7-9-23-49(46)55-52(47)50/h1-33H. The summed E-state index contributed by atoms with van der Waals surface area (Å²) < 4.78 is 13.1. The first-order valence-corrected chi connectivity index (χ1v) is 18.7. The van der Waals surface area contributed by atoms with E-state index in [-0.39, 0.29) is 0 Å². The van der Waals surface area contributed by atoms with Crippen molar-refractivity contribution in [3.05, 3.63) is 200 Å². The molecule has 11 rings (SSSR count). The maximum absolute atomic E-state index is 6.60. The predicted octanol–water partition coefficient (Wildman–Crippen LogP) is 15.1. The van der Waals surface area contributed by atoms with Crippen LogP contribution in [0.4, 0.5) is 17.1 Å². The van der Waals surface area contributed by atoms with Gasteiger partial charge in [0.05, 0.1) is 0 Å². The summed E-state index contributed by atoms with van der Waals surface area (Å²) in [7, 11) is 0. The maximum Gasteiger partial charge on any atom is 0.143 e. The number of para-hydroxylation sites is 3. The number of rotatable bonds is 6. The zero-order valence-electron chi connectivity index (χ0n) is 29.8. The molecule has 11 aromatic rings. The van der Waals surface area contributed by atoms with E-state index in [2.05, 4.69) is 187 Å². The summed E-state index contributed by atoms with van der Waals surface area (Å²) in [5.41, 5.74) is 13.5. The van der Waals surface area contributed by atoms with Crippen molar-refractivity contribution in [2.24, 2.45) is 0 Å². The van der Waals surface area contributed by atoms with Crippen LogP contribution in [0.5, 0.6) is 0 Å². The number of fused-ring (bicyclic) bond motifs is 8. The molecule has 0 N–H and O–H groups in total. The fourth-order valence-corrected chi connectivity index (χ4v) is 8.25. The predicted molar refractivity (Wildman–Crippen MR) is 229 cm³/mol. The molecule has 2 heterocycles. The van der Waals surface area contributed by atoms with Crippen LogP contribution in [0.15, 0.2) is 209 Å². The van der Waals surface area contributed by atoms with Gasteiger partial charge < -0.3 is 13.7 Å². The van der Waals surface area contributed by atoms with Crippen LogP contribution in [0.1, 0.15) is 0 Å². The molecule has 3 heteroatoms. The van der Waals surface area contributed by atoms with Crippen molar-refractivity contribution in [3.8, 4) is 33.4 Å². The first-order chi connectivity index (χ1) is 27.3. The Labute approximate surface area is 317 Å². The van der Waals surface area contributed by atoms with E-state index in [9.17, 15) is 0 Å². The first kappa shape index (κ1) is 31.2. The van der Waals surface area contributed by atoms with Crippen LogP contribution in [0, 0.1) is 0 Å². The van der Waals surface area contributed by atoms with Crippen LogP contribution < -0.4 is 4.90 Å². The number of hydrogen-bond donors (Lipinski definition) is 0. The summed E-state index contributed by atoms with van der Waals surface area (Å²) in [6.07, 6.45) is 0. The summed E-state index contributed by atoms with van der Waals surface area (Å²) >= 11 is 0. The number of anilines is 3. The topological polar surface area (TPSA) is 29.5 Å².